The van der Waals surface area contributed by atoms with Crippen LogP contribution < -0.4 is 10.6 Å². The standard InChI is InChI=1S/C15H19ClN2O/c16-13-7-4-8-14(11-13)18-15(19)17-10-9-12-5-2-1-3-6-12/h4-5,7-8,11H,1-3,6,9-10H2,(H2,17,18,19). The summed E-state index contributed by atoms with van der Waals surface area (Å²) >= 11 is 5.86. The van der Waals surface area contributed by atoms with Gasteiger partial charge >= 0.3 is 6.03 Å². The van der Waals surface area contributed by atoms with Crippen molar-refractivity contribution in [3.05, 3.63) is 40.9 Å². The van der Waals surface area contributed by atoms with E-state index in [1.807, 2.05) is 12.1 Å². The first-order valence-corrected chi connectivity index (χ1v) is 7.10. The Hall–Kier alpha value is -1.48. The van der Waals surface area contributed by atoms with Crippen molar-refractivity contribution in [2.75, 3.05) is 11.9 Å². The molecule has 1 aromatic carbocycles. The maximum atomic E-state index is 11.7. The molecule has 2 amide bonds. The number of rotatable bonds is 4. The summed E-state index contributed by atoms with van der Waals surface area (Å²) in [5.41, 5.74) is 2.18. The molecule has 0 aromatic heterocycles. The molecule has 3 nitrogen and oxygen atoms in total. The molecule has 1 aliphatic carbocycles. The van der Waals surface area contributed by atoms with Crippen LogP contribution in [0.2, 0.25) is 5.02 Å². The number of amides is 2. The van der Waals surface area contributed by atoms with E-state index in [1.54, 1.807) is 12.1 Å². The molecule has 0 aliphatic heterocycles. The number of anilines is 1. The molecule has 0 bridgehead atoms. The average Bonchev–Trinajstić information content (AvgIpc) is 2.40. The third-order valence-corrected chi connectivity index (χ3v) is 3.43. The fraction of sp³-hybridized carbons (Fsp3) is 0.400. The zero-order chi connectivity index (χ0) is 13.5. The Morgan fingerprint density at radius 2 is 2.21 bits per heavy atom. The van der Waals surface area contributed by atoms with Gasteiger partial charge < -0.3 is 10.6 Å². The quantitative estimate of drug-likeness (QED) is 0.790. The molecular weight excluding hydrogens is 260 g/mol. The van der Waals surface area contributed by atoms with Crippen LogP contribution in [0.15, 0.2) is 35.9 Å². The fourth-order valence-corrected chi connectivity index (χ4v) is 2.40. The Bertz CT molecular complexity index is 471. The van der Waals surface area contributed by atoms with Crippen molar-refractivity contribution in [2.45, 2.75) is 32.1 Å². The molecule has 0 unspecified atom stereocenters. The highest BCUT2D eigenvalue weighted by molar-refractivity contribution is 6.30. The van der Waals surface area contributed by atoms with Crippen molar-refractivity contribution in [1.29, 1.82) is 0 Å². The van der Waals surface area contributed by atoms with Crippen molar-refractivity contribution in [3.63, 3.8) is 0 Å². The lowest BCUT2D eigenvalue weighted by Crippen LogP contribution is -2.29. The van der Waals surface area contributed by atoms with Crippen LogP contribution in [-0.2, 0) is 0 Å². The minimum Gasteiger partial charge on any atom is -0.338 e. The molecule has 19 heavy (non-hydrogen) atoms. The van der Waals surface area contributed by atoms with E-state index in [0.29, 0.717) is 17.3 Å². The third-order valence-electron chi connectivity index (χ3n) is 3.20. The van der Waals surface area contributed by atoms with E-state index in [9.17, 15) is 4.79 Å². The Morgan fingerprint density at radius 1 is 1.32 bits per heavy atom. The van der Waals surface area contributed by atoms with E-state index in [1.165, 1.54) is 31.3 Å². The van der Waals surface area contributed by atoms with E-state index in [4.69, 9.17) is 11.6 Å². The summed E-state index contributed by atoms with van der Waals surface area (Å²) in [6, 6.07) is 6.95. The van der Waals surface area contributed by atoms with Crippen LogP contribution in [0, 0.1) is 0 Å². The first kappa shape index (κ1) is 13.9. The predicted molar refractivity (Wildman–Crippen MR) is 79.6 cm³/mol. The van der Waals surface area contributed by atoms with Gasteiger partial charge in [-0.15, -0.1) is 0 Å². The molecular formula is C15H19ClN2O. The highest BCUT2D eigenvalue weighted by Crippen LogP contribution is 2.19. The van der Waals surface area contributed by atoms with Crippen LogP contribution in [0.25, 0.3) is 0 Å². The van der Waals surface area contributed by atoms with Gasteiger partial charge in [0, 0.05) is 17.3 Å². The normalized spacial score (nSPS) is 14.7. The van der Waals surface area contributed by atoms with E-state index in [0.717, 1.165) is 6.42 Å². The average molecular weight is 279 g/mol. The second kappa shape index (κ2) is 7.19. The van der Waals surface area contributed by atoms with E-state index in [2.05, 4.69) is 16.7 Å². The maximum absolute atomic E-state index is 11.7. The van der Waals surface area contributed by atoms with Gasteiger partial charge in [-0.25, -0.2) is 4.79 Å². The summed E-state index contributed by atoms with van der Waals surface area (Å²) in [5, 5.41) is 6.25. The van der Waals surface area contributed by atoms with Crippen molar-refractivity contribution >= 4 is 23.3 Å². The summed E-state index contributed by atoms with van der Waals surface area (Å²) in [6.07, 6.45) is 8.19. The zero-order valence-corrected chi connectivity index (χ0v) is 11.7. The second-order valence-corrected chi connectivity index (χ2v) is 5.19. The van der Waals surface area contributed by atoms with Gasteiger partial charge in [0.25, 0.3) is 0 Å². The molecule has 0 radical (unpaired) electrons. The van der Waals surface area contributed by atoms with Crippen LogP contribution in [0.4, 0.5) is 10.5 Å². The van der Waals surface area contributed by atoms with Crippen LogP contribution >= 0.6 is 11.6 Å². The molecule has 102 valence electrons. The minimum atomic E-state index is -0.182. The van der Waals surface area contributed by atoms with Crippen molar-refractivity contribution < 1.29 is 4.79 Å². The summed E-state index contributed by atoms with van der Waals surface area (Å²) in [6.45, 7) is 0.679. The summed E-state index contributed by atoms with van der Waals surface area (Å²) in [7, 11) is 0. The second-order valence-electron chi connectivity index (χ2n) is 4.75. The van der Waals surface area contributed by atoms with E-state index in [-0.39, 0.29) is 6.03 Å². The molecule has 0 saturated heterocycles. The lowest BCUT2D eigenvalue weighted by Gasteiger charge is -2.13. The zero-order valence-electron chi connectivity index (χ0n) is 10.9. The van der Waals surface area contributed by atoms with Gasteiger partial charge in [-0.1, -0.05) is 29.3 Å². The highest BCUT2D eigenvalue weighted by Gasteiger charge is 2.05. The molecule has 4 heteroatoms. The lowest BCUT2D eigenvalue weighted by atomic mass is 9.97. The molecule has 0 atom stereocenters. The maximum Gasteiger partial charge on any atom is 0.319 e. The molecule has 1 aliphatic rings. The van der Waals surface area contributed by atoms with Gasteiger partial charge in [0.1, 0.15) is 0 Å². The number of nitrogens with one attached hydrogen (secondary N) is 2. The fourth-order valence-electron chi connectivity index (χ4n) is 2.21. The van der Waals surface area contributed by atoms with E-state index < -0.39 is 0 Å². The van der Waals surface area contributed by atoms with Gasteiger partial charge in [0.2, 0.25) is 0 Å². The van der Waals surface area contributed by atoms with Gasteiger partial charge in [-0.05, 0) is 50.3 Å². The Kier molecular flexibility index (Phi) is 5.28. The van der Waals surface area contributed by atoms with Crippen molar-refractivity contribution in [2.24, 2.45) is 0 Å². The number of hydrogen-bond donors (Lipinski definition) is 2. The summed E-state index contributed by atoms with van der Waals surface area (Å²) in [5.74, 6) is 0. The number of carbonyl (C=O) groups is 1. The van der Waals surface area contributed by atoms with Gasteiger partial charge in [-0.3, -0.25) is 0 Å². The molecule has 1 aromatic rings. The molecule has 2 N–H and O–H groups in total. The van der Waals surface area contributed by atoms with Gasteiger partial charge in [0.15, 0.2) is 0 Å². The molecule has 0 saturated carbocycles. The number of carbonyl (C=O) groups excluding carboxylic acids is 1. The number of hydrogen-bond acceptors (Lipinski definition) is 1. The summed E-state index contributed by atoms with van der Waals surface area (Å²) in [4.78, 5) is 11.7. The number of allylic oxidation sites excluding steroid dienone is 1. The molecule has 0 fully saturated rings. The van der Waals surface area contributed by atoms with Crippen molar-refractivity contribution in [1.82, 2.24) is 5.32 Å². The number of halogens is 1. The molecule has 0 heterocycles. The Balaban J connectivity index is 1.71. The van der Waals surface area contributed by atoms with Crippen LogP contribution in [-0.4, -0.2) is 12.6 Å². The SMILES string of the molecule is O=C(NCCC1=CCCCC1)Nc1cccc(Cl)c1. The van der Waals surface area contributed by atoms with Crippen molar-refractivity contribution in [3.8, 4) is 0 Å². The topological polar surface area (TPSA) is 41.1 Å². The summed E-state index contributed by atoms with van der Waals surface area (Å²) < 4.78 is 0. The van der Waals surface area contributed by atoms with Crippen LogP contribution in [0.1, 0.15) is 32.1 Å². The lowest BCUT2D eigenvalue weighted by molar-refractivity contribution is 0.252. The molecule has 0 spiro atoms. The molecule has 2 rings (SSSR count). The third kappa shape index (κ3) is 4.95. The first-order chi connectivity index (χ1) is 9.24. The monoisotopic (exact) mass is 278 g/mol. The smallest absolute Gasteiger partial charge is 0.319 e. The van der Waals surface area contributed by atoms with Gasteiger partial charge in [-0.2, -0.15) is 0 Å². The van der Waals surface area contributed by atoms with Crippen LogP contribution in [0.5, 0.6) is 0 Å². The number of urea groups is 1. The van der Waals surface area contributed by atoms with E-state index >= 15 is 0 Å². The predicted octanol–water partition coefficient (Wildman–Crippen LogP) is 4.35. The Labute approximate surface area is 119 Å². The Morgan fingerprint density at radius 3 is 2.95 bits per heavy atom. The highest BCUT2D eigenvalue weighted by atomic mass is 35.5. The number of benzene rings is 1. The first-order valence-electron chi connectivity index (χ1n) is 6.72. The largest absolute Gasteiger partial charge is 0.338 e. The van der Waals surface area contributed by atoms with Gasteiger partial charge in [0.05, 0.1) is 0 Å². The van der Waals surface area contributed by atoms with Crippen LogP contribution in [0.3, 0.4) is 0 Å². The minimum absolute atomic E-state index is 0.182.